The van der Waals surface area contributed by atoms with Crippen LogP contribution in [-0.4, -0.2) is 61.2 Å². The summed E-state index contributed by atoms with van der Waals surface area (Å²) in [6.45, 7) is 4.06. The number of carbonyl (C=O) groups excluding carboxylic acids is 2. The predicted octanol–water partition coefficient (Wildman–Crippen LogP) is 3.79. The third-order valence-corrected chi connectivity index (χ3v) is 5.80. The SMILES string of the molecule is CCC(=O)OC1(c2cccc(C(F)(F)F)c2)CCN(CCC2CN(C)C(=O)O2)CC1. The van der Waals surface area contributed by atoms with Crippen LogP contribution >= 0.6 is 0 Å². The lowest BCUT2D eigenvalue weighted by atomic mass is 9.83. The van der Waals surface area contributed by atoms with E-state index in [2.05, 4.69) is 4.90 Å². The number of amides is 1. The first-order chi connectivity index (χ1) is 14.1. The summed E-state index contributed by atoms with van der Waals surface area (Å²) < 4.78 is 50.6. The molecule has 1 atom stereocenters. The highest BCUT2D eigenvalue weighted by Crippen LogP contribution is 2.40. The number of alkyl halides is 3. The fourth-order valence-corrected chi connectivity index (χ4v) is 3.98. The number of ether oxygens (including phenoxy) is 2. The van der Waals surface area contributed by atoms with Crippen molar-refractivity contribution in [3.05, 3.63) is 35.4 Å². The molecule has 2 saturated heterocycles. The maximum Gasteiger partial charge on any atom is 0.416 e. The number of nitrogens with zero attached hydrogens (tertiary/aromatic N) is 2. The number of esters is 1. The Morgan fingerprint density at radius 2 is 2.00 bits per heavy atom. The van der Waals surface area contributed by atoms with Crippen LogP contribution in [0.5, 0.6) is 0 Å². The number of piperidine rings is 1. The molecule has 166 valence electrons. The molecule has 1 aromatic rings. The molecule has 1 aromatic carbocycles. The fourth-order valence-electron chi connectivity index (χ4n) is 3.98. The first kappa shape index (κ1) is 22.4. The molecule has 0 bridgehead atoms. The van der Waals surface area contributed by atoms with Crippen LogP contribution in [0.15, 0.2) is 24.3 Å². The second kappa shape index (κ2) is 8.83. The van der Waals surface area contributed by atoms with Crippen molar-refractivity contribution in [2.45, 2.75) is 50.5 Å². The molecule has 30 heavy (non-hydrogen) atoms. The van der Waals surface area contributed by atoms with Crippen LogP contribution in [0.2, 0.25) is 0 Å². The number of cyclic esters (lactones) is 1. The Morgan fingerprint density at radius 3 is 2.57 bits per heavy atom. The van der Waals surface area contributed by atoms with E-state index in [0.717, 1.165) is 12.1 Å². The summed E-state index contributed by atoms with van der Waals surface area (Å²) in [5.74, 6) is -0.429. The molecule has 0 saturated carbocycles. The molecule has 6 nitrogen and oxygen atoms in total. The molecule has 2 fully saturated rings. The van der Waals surface area contributed by atoms with Gasteiger partial charge in [-0.2, -0.15) is 13.2 Å². The van der Waals surface area contributed by atoms with E-state index in [1.165, 1.54) is 11.0 Å². The average Bonchev–Trinajstić information content (AvgIpc) is 3.04. The van der Waals surface area contributed by atoms with Crippen LogP contribution in [0.1, 0.15) is 43.7 Å². The summed E-state index contributed by atoms with van der Waals surface area (Å²) in [5, 5.41) is 0. The molecule has 0 N–H and O–H groups in total. The van der Waals surface area contributed by atoms with E-state index in [-0.39, 0.29) is 18.6 Å². The molecule has 1 amide bonds. The fraction of sp³-hybridized carbons (Fsp3) is 0.619. The minimum absolute atomic E-state index is 0.157. The second-order valence-electron chi connectivity index (χ2n) is 7.92. The van der Waals surface area contributed by atoms with Gasteiger partial charge in [-0.3, -0.25) is 4.79 Å². The number of benzene rings is 1. The van der Waals surface area contributed by atoms with Crippen molar-refractivity contribution in [1.29, 1.82) is 0 Å². The van der Waals surface area contributed by atoms with Gasteiger partial charge in [0, 0.05) is 45.9 Å². The Kier molecular flexibility index (Phi) is 6.59. The van der Waals surface area contributed by atoms with Crippen molar-refractivity contribution >= 4 is 12.1 Å². The van der Waals surface area contributed by atoms with Crippen molar-refractivity contribution in [2.75, 3.05) is 33.2 Å². The van der Waals surface area contributed by atoms with E-state index in [9.17, 15) is 22.8 Å². The molecule has 2 aliphatic rings. The Bertz CT molecular complexity index is 776. The maximum absolute atomic E-state index is 13.2. The minimum atomic E-state index is -4.46. The Hall–Kier alpha value is -2.29. The van der Waals surface area contributed by atoms with Crippen molar-refractivity contribution < 1.29 is 32.2 Å². The topological polar surface area (TPSA) is 59.1 Å². The zero-order valence-electron chi connectivity index (χ0n) is 17.2. The largest absolute Gasteiger partial charge is 0.454 e. The monoisotopic (exact) mass is 428 g/mol. The standard InChI is InChI=1S/C21H27F3N2O4/c1-3-18(27)30-20(15-5-4-6-16(13-15)21(22,23)24)8-11-26(12-9-20)10-7-17-14-25(2)19(28)29-17/h4-6,13,17H,3,7-12,14H2,1-2H3. The number of rotatable bonds is 6. The minimum Gasteiger partial charge on any atom is -0.454 e. The van der Waals surface area contributed by atoms with Crippen molar-refractivity contribution in [3.8, 4) is 0 Å². The summed E-state index contributed by atoms with van der Waals surface area (Å²) in [4.78, 5) is 27.2. The van der Waals surface area contributed by atoms with E-state index in [1.807, 2.05) is 0 Å². The van der Waals surface area contributed by atoms with Crippen LogP contribution in [0.4, 0.5) is 18.0 Å². The van der Waals surface area contributed by atoms with E-state index in [1.54, 1.807) is 20.0 Å². The second-order valence-corrected chi connectivity index (χ2v) is 7.92. The highest BCUT2D eigenvalue weighted by molar-refractivity contribution is 5.70. The summed E-state index contributed by atoms with van der Waals surface area (Å²) in [6.07, 6.45) is -3.29. The van der Waals surface area contributed by atoms with Crippen molar-refractivity contribution in [1.82, 2.24) is 9.80 Å². The van der Waals surface area contributed by atoms with E-state index < -0.39 is 23.3 Å². The lowest BCUT2D eigenvalue weighted by Gasteiger charge is -2.42. The molecule has 1 unspecified atom stereocenters. The lowest BCUT2D eigenvalue weighted by Crippen LogP contribution is -2.46. The van der Waals surface area contributed by atoms with Gasteiger partial charge in [-0.15, -0.1) is 0 Å². The van der Waals surface area contributed by atoms with Gasteiger partial charge >= 0.3 is 18.2 Å². The molecule has 2 aliphatic heterocycles. The normalized spacial score (nSPS) is 22.1. The molecule has 0 radical (unpaired) electrons. The zero-order valence-corrected chi connectivity index (χ0v) is 17.2. The highest BCUT2D eigenvalue weighted by Gasteiger charge is 2.41. The number of hydrogen-bond donors (Lipinski definition) is 0. The first-order valence-electron chi connectivity index (χ1n) is 10.2. The quantitative estimate of drug-likeness (QED) is 0.646. The maximum atomic E-state index is 13.2. The molecule has 0 aromatic heterocycles. The van der Waals surface area contributed by atoms with Gasteiger partial charge in [0.2, 0.25) is 0 Å². The highest BCUT2D eigenvalue weighted by atomic mass is 19.4. The van der Waals surface area contributed by atoms with Gasteiger partial charge in [-0.25, -0.2) is 4.79 Å². The summed E-state index contributed by atoms with van der Waals surface area (Å²) in [6, 6.07) is 5.07. The smallest absolute Gasteiger partial charge is 0.416 e. The van der Waals surface area contributed by atoms with Gasteiger partial charge in [0.1, 0.15) is 11.7 Å². The number of likely N-dealkylation sites (tertiary alicyclic amines) is 1. The predicted molar refractivity (Wildman–Crippen MR) is 103 cm³/mol. The van der Waals surface area contributed by atoms with E-state index >= 15 is 0 Å². The van der Waals surface area contributed by atoms with Crippen molar-refractivity contribution in [3.63, 3.8) is 0 Å². The molecular weight excluding hydrogens is 401 g/mol. The summed E-state index contributed by atoms with van der Waals surface area (Å²) >= 11 is 0. The van der Waals surface area contributed by atoms with E-state index in [4.69, 9.17) is 9.47 Å². The zero-order chi connectivity index (χ0) is 21.9. The van der Waals surface area contributed by atoms with Gasteiger partial charge in [0.25, 0.3) is 0 Å². The van der Waals surface area contributed by atoms with Crippen LogP contribution in [0.3, 0.4) is 0 Å². The lowest BCUT2D eigenvalue weighted by molar-refractivity contribution is -0.166. The van der Waals surface area contributed by atoms with Gasteiger partial charge in [0.15, 0.2) is 0 Å². The third kappa shape index (κ3) is 5.06. The number of hydrogen-bond acceptors (Lipinski definition) is 5. The number of likely N-dealkylation sites (N-methyl/N-ethyl adjacent to an activating group) is 1. The molecule has 0 spiro atoms. The number of halogens is 3. The van der Waals surface area contributed by atoms with Gasteiger partial charge in [-0.1, -0.05) is 19.1 Å². The van der Waals surface area contributed by atoms with E-state index in [0.29, 0.717) is 51.0 Å². The molecule has 9 heteroatoms. The van der Waals surface area contributed by atoms with Crippen molar-refractivity contribution in [2.24, 2.45) is 0 Å². The Labute approximate surface area is 173 Å². The van der Waals surface area contributed by atoms with Gasteiger partial charge < -0.3 is 19.3 Å². The Balaban J connectivity index is 1.69. The summed E-state index contributed by atoms with van der Waals surface area (Å²) in [7, 11) is 1.69. The van der Waals surface area contributed by atoms with Crippen LogP contribution in [0.25, 0.3) is 0 Å². The summed E-state index contributed by atoms with van der Waals surface area (Å²) in [5.41, 5.74) is -1.43. The van der Waals surface area contributed by atoms with Gasteiger partial charge in [0.05, 0.1) is 12.1 Å². The molecule has 0 aliphatic carbocycles. The first-order valence-corrected chi connectivity index (χ1v) is 10.2. The average molecular weight is 428 g/mol. The van der Waals surface area contributed by atoms with Crippen LogP contribution in [-0.2, 0) is 26.0 Å². The Morgan fingerprint density at radius 1 is 1.30 bits per heavy atom. The van der Waals surface area contributed by atoms with Crippen LogP contribution < -0.4 is 0 Å². The van der Waals surface area contributed by atoms with Gasteiger partial charge in [-0.05, 0) is 24.1 Å². The molecule has 2 heterocycles. The number of carbonyl (C=O) groups is 2. The van der Waals surface area contributed by atoms with Crippen LogP contribution in [0, 0.1) is 0 Å². The molecule has 3 rings (SSSR count). The third-order valence-electron chi connectivity index (χ3n) is 5.80. The molecular formula is C21H27F3N2O4.